The van der Waals surface area contributed by atoms with Crippen LogP contribution in [0.4, 0.5) is 5.69 Å². The number of ketones is 1. The van der Waals surface area contributed by atoms with E-state index in [1.807, 2.05) is 30.3 Å². The Kier molecular flexibility index (Phi) is 6.47. The van der Waals surface area contributed by atoms with E-state index < -0.39 is 0 Å². The third kappa shape index (κ3) is 4.62. The van der Waals surface area contributed by atoms with Gasteiger partial charge in [0.25, 0.3) is 0 Å². The summed E-state index contributed by atoms with van der Waals surface area (Å²) in [5.74, 6) is 1.41. The maximum Gasteiger partial charge on any atom is 0.196 e. The van der Waals surface area contributed by atoms with E-state index in [1.165, 1.54) is 0 Å². The van der Waals surface area contributed by atoms with Crippen LogP contribution in [-0.2, 0) is 0 Å². The summed E-state index contributed by atoms with van der Waals surface area (Å²) in [5, 5.41) is 22.2. The summed E-state index contributed by atoms with van der Waals surface area (Å²) >= 11 is 6.51. The van der Waals surface area contributed by atoms with Gasteiger partial charge in [0.1, 0.15) is 11.5 Å². The van der Waals surface area contributed by atoms with E-state index in [1.54, 1.807) is 30.6 Å². The van der Waals surface area contributed by atoms with E-state index in [2.05, 4.69) is 20.5 Å². The number of para-hydroxylation sites is 1. The van der Waals surface area contributed by atoms with Crippen LogP contribution >= 0.6 is 11.6 Å². The molecule has 0 saturated heterocycles. The number of ether oxygens (including phenoxy) is 1. The van der Waals surface area contributed by atoms with Crippen molar-refractivity contribution in [1.82, 2.24) is 15.2 Å². The van der Waals surface area contributed by atoms with E-state index in [-0.39, 0.29) is 18.4 Å². The highest BCUT2D eigenvalue weighted by Crippen LogP contribution is 2.33. The molecule has 8 heteroatoms. The number of hydrogen-bond donors (Lipinski definition) is 3. The van der Waals surface area contributed by atoms with Gasteiger partial charge in [-0.1, -0.05) is 29.8 Å². The lowest BCUT2D eigenvalue weighted by Crippen LogP contribution is -2.27. The number of aliphatic hydroxyl groups excluding tert-OH is 1. The van der Waals surface area contributed by atoms with Crippen molar-refractivity contribution < 1.29 is 14.6 Å². The molecule has 4 aromatic rings. The first kappa shape index (κ1) is 22.4. The molecule has 0 bridgehead atoms. The Hall–Kier alpha value is -3.42. The van der Waals surface area contributed by atoms with Crippen molar-refractivity contribution in [2.24, 2.45) is 5.92 Å². The van der Waals surface area contributed by atoms with Crippen LogP contribution in [0, 0.1) is 5.92 Å². The Bertz CT molecular complexity index is 1300. The van der Waals surface area contributed by atoms with Crippen molar-refractivity contribution in [3.63, 3.8) is 0 Å². The number of aromatic nitrogens is 3. The number of aromatic amines is 1. The minimum Gasteiger partial charge on any atom is -0.457 e. The minimum absolute atomic E-state index is 0.206. The monoisotopic (exact) mass is 476 g/mol. The first-order valence-electron chi connectivity index (χ1n) is 11.4. The lowest BCUT2D eigenvalue weighted by molar-refractivity contribution is 0.104. The quantitative estimate of drug-likeness (QED) is 0.300. The average molecular weight is 477 g/mol. The largest absolute Gasteiger partial charge is 0.457 e. The number of halogens is 1. The second kappa shape index (κ2) is 9.83. The zero-order valence-electron chi connectivity index (χ0n) is 18.5. The molecule has 34 heavy (non-hydrogen) atoms. The normalized spacial score (nSPS) is 18.1. The van der Waals surface area contributed by atoms with Crippen molar-refractivity contribution in [2.75, 3.05) is 11.9 Å². The van der Waals surface area contributed by atoms with E-state index in [0.29, 0.717) is 44.6 Å². The summed E-state index contributed by atoms with van der Waals surface area (Å²) in [6, 6.07) is 14.7. The SMILES string of the molecule is O=C(c1ccc(Oc2ccccc2)cc1Cl)c1c[nH]c2nncc(N[C@H]3CC[C@H](CO)CC3)c12. The van der Waals surface area contributed by atoms with Gasteiger partial charge in [-0.2, -0.15) is 5.10 Å². The van der Waals surface area contributed by atoms with E-state index in [0.717, 1.165) is 31.4 Å². The molecule has 2 heterocycles. The summed E-state index contributed by atoms with van der Waals surface area (Å²) in [6.45, 7) is 0.236. The number of carbonyl (C=O) groups excluding carboxylic acids is 1. The fourth-order valence-electron chi connectivity index (χ4n) is 4.48. The maximum atomic E-state index is 13.5. The van der Waals surface area contributed by atoms with E-state index >= 15 is 0 Å². The summed E-state index contributed by atoms with van der Waals surface area (Å²) in [7, 11) is 0. The first-order valence-corrected chi connectivity index (χ1v) is 11.8. The van der Waals surface area contributed by atoms with Crippen molar-refractivity contribution in [2.45, 2.75) is 31.7 Å². The molecule has 0 radical (unpaired) electrons. The summed E-state index contributed by atoms with van der Waals surface area (Å²) in [4.78, 5) is 16.6. The molecule has 0 atom stereocenters. The van der Waals surface area contributed by atoms with Gasteiger partial charge in [0.15, 0.2) is 11.4 Å². The minimum atomic E-state index is -0.206. The van der Waals surface area contributed by atoms with Gasteiger partial charge in [-0.05, 0) is 55.9 Å². The summed E-state index contributed by atoms with van der Waals surface area (Å²) in [5.41, 5.74) is 2.17. The molecule has 1 saturated carbocycles. The molecule has 0 amide bonds. The smallest absolute Gasteiger partial charge is 0.196 e. The van der Waals surface area contributed by atoms with Crippen molar-refractivity contribution in [3.8, 4) is 11.5 Å². The molecule has 0 spiro atoms. The average Bonchev–Trinajstić information content (AvgIpc) is 3.30. The highest BCUT2D eigenvalue weighted by molar-refractivity contribution is 6.35. The number of H-pyrrole nitrogens is 1. The Balaban J connectivity index is 1.40. The van der Waals surface area contributed by atoms with Gasteiger partial charge < -0.3 is 20.1 Å². The van der Waals surface area contributed by atoms with Gasteiger partial charge in [-0.25, -0.2) is 0 Å². The van der Waals surface area contributed by atoms with Crippen molar-refractivity contribution in [3.05, 3.63) is 77.1 Å². The van der Waals surface area contributed by atoms with Crippen LogP contribution in [0.25, 0.3) is 11.0 Å². The molecule has 5 rings (SSSR count). The maximum absolute atomic E-state index is 13.5. The Labute approximate surface area is 202 Å². The fraction of sp³-hybridized carbons (Fsp3) is 0.269. The van der Waals surface area contributed by atoms with Gasteiger partial charge in [0, 0.05) is 30.5 Å². The molecular formula is C26H25ClN4O3. The van der Waals surface area contributed by atoms with Crippen LogP contribution in [0.2, 0.25) is 5.02 Å². The number of benzene rings is 2. The zero-order valence-corrected chi connectivity index (χ0v) is 19.3. The molecule has 174 valence electrons. The van der Waals surface area contributed by atoms with Crippen LogP contribution in [0.3, 0.4) is 0 Å². The van der Waals surface area contributed by atoms with Crippen LogP contribution in [0.1, 0.15) is 41.6 Å². The molecule has 2 aromatic carbocycles. The van der Waals surface area contributed by atoms with Crippen LogP contribution in [0.15, 0.2) is 60.9 Å². The van der Waals surface area contributed by atoms with Gasteiger partial charge in [-0.3, -0.25) is 4.79 Å². The Morgan fingerprint density at radius 3 is 2.62 bits per heavy atom. The van der Waals surface area contributed by atoms with Crippen LogP contribution in [0.5, 0.6) is 11.5 Å². The zero-order chi connectivity index (χ0) is 23.5. The standard InChI is InChI=1S/C26H25ClN4O3/c27-22-12-19(34-18-4-2-1-3-5-18)10-11-20(22)25(33)21-13-28-26-24(21)23(14-29-31-26)30-17-8-6-16(15-32)7-9-17/h1-5,10-14,16-17,32H,6-9,15H2,(H2,28,30,31)/t16-,17-. The van der Waals surface area contributed by atoms with E-state index in [9.17, 15) is 9.90 Å². The van der Waals surface area contributed by atoms with Crippen LogP contribution in [-0.4, -0.2) is 38.7 Å². The predicted octanol–water partition coefficient (Wildman–Crippen LogP) is 5.60. The number of fused-ring (bicyclic) bond motifs is 1. The molecule has 1 aliphatic rings. The molecule has 7 nitrogen and oxygen atoms in total. The van der Waals surface area contributed by atoms with Gasteiger partial charge in [0.05, 0.1) is 27.9 Å². The number of nitrogens with one attached hydrogen (secondary N) is 2. The second-order valence-electron chi connectivity index (χ2n) is 8.61. The third-order valence-corrected chi connectivity index (χ3v) is 6.66. The molecular weight excluding hydrogens is 452 g/mol. The van der Waals surface area contributed by atoms with Gasteiger partial charge in [0.2, 0.25) is 0 Å². The first-order chi connectivity index (χ1) is 16.6. The Morgan fingerprint density at radius 2 is 1.88 bits per heavy atom. The number of rotatable bonds is 7. The topological polar surface area (TPSA) is 100 Å². The second-order valence-corrected chi connectivity index (χ2v) is 9.02. The summed E-state index contributed by atoms with van der Waals surface area (Å²) < 4.78 is 5.83. The van der Waals surface area contributed by atoms with Crippen molar-refractivity contribution in [1.29, 1.82) is 0 Å². The molecule has 0 unspecified atom stereocenters. The molecule has 2 aromatic heterocycles. The fourth-order valence-corrected chi connectivity index (χ4v) is 4.74. The van der Waals surface area contributed by atoms with Gasteiger partial charge in [-0.15, -0.1) is 5.10 Å². The van der Waals surface area contributed by atoms with Gasteiger partial charge >= 0.3 is 0 Å². The predicted molar refractivity (Wildman–Crippen MR) is 132 cm³/mol. The molecule has 1 fully saturated rings. The number of nitrogens with zero attached hydrogens (tertiary/aromatic N) is 2. The summed E-state index contributed by atoms with van der Waals surface area (Å²) in [6.07, 6.45) is 7.17. The number of aliphatic hydroxyl groups is 1. The van der Waals surface area contributed by atoms with E-state index in [4.69, 9.17) is 16.3 Å². The molecule has 3 N–H and O–H groups in total. The number of carbonyl (C=O) groups is 1. The third-order valence-electron chi connectivity index (χ3n) is 6.35. The highest BCUT2D eigenvalue weighted by atomic mass is 35.5. The number of hydrogen-bond acceptors (Lipinski definition) is 6. The lowest BCUT2D eigenvalue weighted by Gasteiger charge is -2.28. The Morgan fingerprint density at radius 1 is 1.09 bits per heavy atom. The molecule has 1 aliphatic carbocycles. The lowest BCUT2D eigenvalue weighted by atomic mass is 9.86. The highest BCUT2D eigenvalue weighted by Gasteiger charge is 2.24. The number of anilines is 1. The van der Waals surface area contributed by atoms with Crippen LogP contribution < -0.4 is 10.1 Å². The molecule has 0 aliphatic heterocycles. The van der Waals surface area contributed by atoms with Crippen molar-refractivity contribution >= 4 is 34.1 Å².